The van der Waals surface area contributed by atoms with Crippen molar-refractivity contribution in [2.75, 3.05) is 38.6 Å². The summed E-state index contributed by atoms with van der Waals surface area (Å²) < 4.78 is 0. The predicted molar refractivity (Wildman–Crippen MR) is 81.0 cm³/mol. The number of carboxylic acids is 1. The van der Waals surface area contributed by atoms with Crippen LogP contribution < -0.4 is 10.2 Å². The molecule has 0 unspecified atom stereocenters. The molecule has 2 rings (SSSR count). The molecule has 1 aliphatic heterocycles. The van der Waals surface area contributed by atoms with E-state index in [2.05, 4.69) is 10.2 Å². The van der Waals surface area contributed by atoms with Gasteiger partial charge in [0.2, 0.25) is 0 Å². The first-order valence-electron chi connectivity index (χ1n) is 7.05. The van der Waals surface area contributed by atoms with Crippen LogP contribution in [0.3, 0.4) is 0 Å². The van der Waals surface area contributed by atoms with E-state index in [-0.39, 0.29) is 11.6 Å². The number of nitrogens with zero attached hydrogens (tertiary/aromatic N) is 2. The normalized spacial score (nSPS) is 13.4. The molecule has 1 aromatic carbocycles. The number of fused-ring (bicyclic) bond motifs is 1. The van der Waals surface area contributed by atoms with E-state index >= 15 is 0 Å². The summed E-state index contributed by atoms with van der Waals surface area (Å²) in [7, 11) is 3.98. The smallest absolute Gasteiger partial charge is 0.335 e. The molecule has 0 spiro atoms. The highest BCUT2D eigenvalue weighted by atomic mass is 16.4. The Morgan fingerprint density at radius 1 is 1.38 bits per heavy atom. The molecule has 0 saturated carbocycles. The Bertz CT molecular complexity index is 543. The Morgan fingerprint density at radius 3 is 2.81 bits per heavy atom. The minimum Gasteiger partial charge on any atom is -0.478 e. The molecule has 2 amide bonds. The number of urea groups is 1. The molecule has 0 atom stereocenters. The summed E-state index contributed by atoms with van der Waals surface area (Å²) in [5.74, 6) is -0.976. The number of amides is 2. The van der Waals surface area contributed by atoms with Gasteiger partial charge in [0.25, 0.3) is 0 Å². The molecule has 0 saturated heterocycles. The lowest BCUT2D eigenvalue weighted by Crippen LogP contribution is -2.40. The van der Waals surface area contributed by atoms with Crippen LogP contribution in [0.15, 0.2) is 18.2 Å². The fourth-order valence-electron chi connectivity index (χ4n) is 2.41. The van der Waals surface area contributed by atoms with Crippen molar-refractivity contribution in [2.24, 2.45) is 0 Å². The number of benzene rings is 1. The number of hydrogen-bond acceptors (Lipinski definition) is 3. The summed E-state index contributed by atoms with van der Waals surface area (Å²) in [5.41, 5.74) is 1.93. The van der Waals surface area contributed by atoms with Crippen LogP contribution in [0, 0.1) is 0 Å². The summed E-state index contributed by atoms with van der Waals surface area (Å²) in [6, 6.07) is 4.79. The van der Waals surface area contributed by atoms with Gasteiger partial charge in [-0.15, -0.1) is 0 Å². The molecule has 0 aliphatic carbocycles. The van der Waals surface area contributed by atoms with Gasteiger partial charge in [-0.1, -0.05) is 6.07 Å². The van der Waals surface area contributed by atoms with Crippen molar-refractivity contribution in [3.05, 3.63) is 29.3 Å². The monoisotopic (exact) mass is 291 g/mol. The predicted octanol–water partition coefficient (Wildman–Crippen LogP) is 1.41. The van der Waals surface area contributed by atoms with Crippen molar-refractivity contribution in [3.63, 3.8) is 0 Å². The topological polar surface area (TPSA) is 72.9 Å². The fraction of sp³-hybridized carbons (Fsp3) is 0.467. The van der Waals surface area contributed by atoms with Crippen molar-refractivity contribution >= 4 is 17.7 Å². The highest BCUT2D eigenvalue weighted by molar-refractivity contribution is 5.96. The maximum absolute atomic E-state index is 12.2. The zero-order valence-corrected chi connectivity index (χ0v) is 12.4. The van der Waals surface area contributed by atoms with E-state index in [1.165, 1.54) is 0 Å². The first-order chi connectivity index (χ1) is 9.99. The summed E-state index contributed by atoms with van der Waals surface area (Å²) in [5, 5.41) is 11.9. The lowest BCUT2D eigenvalue weighted by Gasteiger charge is -2.19. The summed E-state index contributed by atoms with van der Waals surface area (Å²) >= 11 is 0. The van der Waals surface area contributed by atoms with E-state index in [9.17, 15) is 9.59 Å². The van der Waals surface area contributed by atoms with Crippen molar-refractivity contribution in [1.29, 1.82) is 0 Å². The molecule has 21 heavy (non-hydrogen) atoms. The molecule has 0 radical (unpaired) electrons. The zero-order chi connectivity index (χ0) is 15.4. The first-order valence-corrected chi connectivity index (χ1v) is 7.05. The van der Waals surface area contributed by atoms with Crippen LogP contribution in [-0.4, -0.2) is 55.7 Å². The second-order valence-corrected chi connectivity index (χ2v) is 5.44. The van der Waals surface area contributed by atoms with Gasteiger partial charge in [-0.05, 0) is 51.2 Å². The molecule has 1 aliphatic rings. The largest absolute Gasteiger partial charge is 0.478 e. The van der Waals surface area contributed by atoms with Crippen LogP contribution in [0.2, 0.25) is 0 Å². The van der Waals surface area contributed by atoms with Gasteiger partial charge in [0, 0.05) is 18.8 Å². The Labute approximate surface area is 124 Å². The number of nitrogens with one attached hydrogen (secondary N) is 1. The number of carbonyl (C=O) groups excluding carboxylic acids is 1. The highest BCUT2D eigenvalue weighted by Crippen LogP contribution is 2.29. The Balaban J connectivity index is 1.99. The molecule has 0 fully saturated rings. The van der Waals surface area contributed by atoms with Crippen LogP contribution in [0.1, 0.15) is 22.3 Å². The minimum atomic E-state index is -0.976. The van der Waals surface area contributed by atoms with Crippen LogP contribution in [0.5, 0.6) is 0 Å². The lowest BCUT2D eigenvalue weighted by atomic mass is 10.1. The van der Waals surface area contributed by atoms with Gasteiger partial charge >= 0.3 is 12.0 Å². The van der Waals surface area contributed by atoms with Crippen molar-refractivity contribution in [3.8, 4) is 0 Å². The van der Waals surface area contributed by atoms with Crippen LogP contribution in [-0.2, 0) is 6.42 Å². The SMILES string of the molecule is CN(C)CCCNC(=O)N1CCc2ccc(C(=O)O)cc21. The third-order valence-corrected chi connectivity index (χ3v) is 3.53. The lowest BCUT2D eigenvalue weighted by molar-refractivity contribution is 0.0697. The van der Waals surface area contributed by atoms with E-state index in [1.54, 1.807) is 23.1 Å². The molecule has 114 valence electrons. The standard InChI is InChI=1S/C15H21N3O3/c1-17(2)8-3-7-16-15(21)18-9-6-11-4-5-12(14(19)20)10-13(11)18/h4-5,10H,3,6-9H2,1-2H3,(H,16,21)(H,19,20). The Kier molecular flexibility index (Phi) is 4.80. The number of carbonyl (C=O) groups is 2. The molecule has 1 aromatic rings. The van der Waals surface area contributed by atoms with Crippen LogP contribution in [0.4, 0.5) is 10.5 Å². The Hall–Kier alpha value is -2.08. The molecule has 2 N–H and O–H groups in total. The van der Waals surface area contributed by atoms with Gasteiger partial charge in [-0.25, -0.2) is 9.59 Å². The van der Waals surface area contributed by atoms with Crippen LogP contribution >= 0.6 is 0 Å². The first kappa shape index (κ1) is 15.3. The average Bonchev–Trinajstić information content (AvgIpc) is 2.86. The fourth-order valence-corrected chi connectivity index (χ4v) is 2.41. The molecular weight excluding hydrogens is 270 g/mol. The highest BCUT2D eigenvalue weighted by Gasteiger charge is 2.25. The van der Waals surface area contributed by atoms with E-state index in [1.807, 2.05) is 14.1 Å². The molecular formula is C15H21N3O3. The number of hydrogen-bond donors (Lipinski definition) is 2. The van der Waals surface area contributed by atoms with Gasteiger partial charge in [-0.3, -0.25) is 4.90 Å². The van der Waals surface area contributed by atoms with Gasteiger partial charge in [0.15, 0.2) is 0 Å². The third-order valence-electron chi connectivity index (χ3n) is 3.53. The van der Waals surface area contributed by atoms with E-state index in [4.69, 9.17) is 5.11 Å². The van der Waals surface area contributed by atoms with Gasteiger partial charge < -0.3 is 15.3 Å². The second-order valence-electron chi connectivity index (χ2n) is 5.44. The number of carboxylic acid groups (broad SMARTS) is 1. The van der Waals surface area contributed by atoms with Crippen molar-refractivity contribution in [1.82, 2.24) is 10.2 Å². The molecule has 6 nitrogen and oxygen atoms in total. The number of anilines is 1. The third kappa shape index (κ3) is 3.72. The second kappa shape index (κ2) is 6.58. The molecule has 1 heterocycles. The van der Waals surface area contributed by atoms with Crippen LogP contribution in [0.25, 0.3) is 0 Å². The van der Waals surface area contributed by atoms with E-state index < -0.39 is 5.97 Å². The summed E-state index contributed by atoms with van der Waals surface area (Å²) in [6.07, 6.45) is 1.65. The van der Waals surface area contributed by atoms with Gasteiger partial charge in [-0.2, -0.15) is 0 Å². The van der Waals surface area contributed by atoms with Gasteiger partial charge in [0.1, 0.15) is 0 Å². The Morgan fingerprint density at radius 2 is 2.14 bits per heavy atom. The number of rotatable bonds is 5. The van der Waals surface area contributed by atoms with Gasteiger partial charge in [0.05, 0.1) is 5.56 Å². The minimum absolute atomic E-state index is 0.157. The van der Waals surface area contributed by atoms with Crippen molar-refractivity contribution < 1.29 is 14.7 Å². The zero-order valence-electron chi connectivity index (χ0n) is 12.4. The molecule has 0 bridgehead atoms. The van der Waals surface area contributed by atoms with E-state index in [0.717, 1.165) is 24.9 Å². The maximum Gasteiger partial charge on any atom is 0.335 e. The summed E-state index contributed by atoms with van der Waals surface area (Å²) in [4.78, 5) is 26.9. The molecule has 0 aromatic heterocycles. The average molecular weight is 291 g/mol. The van der Waals surface area contributed by atoms with Crippen molar-refractivity contribution in [2.45, 2.75) is 12.8 Å². The van der Waals surface area contributed by atoms with E-state index in [0.29, 0.717) is 18.8 Å². The quantitative estimate of drug-likeness (QED) is 0.805. The number of aromatic carboxylic acids is 1. The summed E-state index contributed by atoms with van der Waals surface area (Å²) in [6.45, 7) is 2.12. The molecule has 6 heteroatoms. The maximum atomic E-state index is 12.2.